The summed E-state index contributed by atoms with van der Waals surface area (Å²) in [4.78, 5) is 4.81. The summed E-state index contributed by atoms with van der Waals surface area (Å²) in [7, 11) is 0. The van der Waals surface area contributed by atoms with Crippen molar-refractivity contribution in [1.29, 1.82) is 0 Å². The molecular weight excluding hydrogens is 637 g/mol. The van der Waals surface area contributed by atoms with Crippen molar-refractivity contribution in [2.45, 2.75) is 53.4 Å². The average Bonchev–Trinajstić information content (AvgIpc) is 3.18. The van der Waals surface area contributed by atoms with Gasteiger partial charge in [0.1, 0.15) is 11.5 Å². The van der Waals surface area contributed by atoms with Crippen LogP contribution in [-0.2, 0) is 0 Å². The third kappa shape index (κ3) is 7.34. The van der Waals surface area contributed by atoms with E-state index in [0.717, 1.165) is 106 Å². The molecule has 0 heterocycles. The highest BCUT2D eigenvalue weighted by atomic mass is 16.5. The minimum Gasteiger partial charge on any atom is -0.494 e. The highest BCUT2D eigenvalue weighted by Crippen LogP contribution is 2.51. The number of anilines is 6. The molecule has 0 spiro atoms. The van der Waals surface area contributed by atoms with E-state index in [4.69, 9.17) is 9.47 Å². The van der Waals surface area contributed by atoms with Crippen LogP contribution in [0.5, 0.6) is 11.5 Å². The Morgan fingerprint density at radius 1 is 0.385 bits per heavy atom. The number of hydrogen-bond donors (Lipinski definition) is 0. The van der Waals surface area contributed by atoms with Crippen molar-refractivity contribution >= 4 is 55.7 Å². The first-order chi connectivity index (χ1) is 25.6. The molecule has 0 aliphatic carbocycles. The van der Waals surface area contributed by atoms with Gasteiger partial charge in [0.25, 0.3) is 0 Å². The maximum atomic E-state index is 6.08. The number of aryl methyl sites for hydroxylation is 2. The summed E-state index contributed by atoms with van der Waals surface area (Å²) in [5.41, 5.74) is 9.08. The van der Waals surface area contributed by atoms with Crippen LogP contribution in [0.4, 0.5) is 34.1 Å². The van der Waals surface area contributed by atoms with E-state index in [0.29, 0.717) is 0 Å². The third-order valence-electron chi connectivity index (χ3n) is 9.63. The zero-order chi connectivity index (χ0) is 35.9. The van der Waals surface area contributed by atoms with Gasteiger partial charge in [-0.2, -0.15) is 0 Å². The monoisotopic (exact) mass is 684 g/mol. The molecule has 0 unspecified atom stereocenters. The normalized spacial score (nSPS) is 11.2. The molecule has 7 rings (SSSR count). The molecule has 0 radical (unpaired) electrons. The van der Waals surface area contributed by atoms with Gasteiger partial charge in [0.15, 0.2) is 0 Å². The topological polar surface area (TPSA) is 24.9 Å². The second-order valence-corrected chi connectivity index (χ2v) is 13.5. The molecule has 52 heavy (non-hydrogen) atoms. The number of benzene rings is 7. The van der Waals surface area contributed by atoms with Crippen LogP contribution in [-0.4, -0.2) is 13.2 Å². The van der Waals surface area contributed by atoms with E-state index in [-0.39, 0.29) is 0 Å². The molecule has 0 bridgehead atoms. The van der Waals surface area contributed by atoms with Gasteiger partial charge < -0.3 is 19.3 Å². The SMILES string of the molecule is CCCCOc1ccc(N(c2ccc(C)cc2)c2c3ccccc3c(N(c3ccc(C)cc3)c3ccc(OCCCC)cc3)c3ccccc23)cc1. The maximum absolute atomic E-state index is 6.08. The van der Waals surface area contributed by atoms with E-state index < -0.39 is 0 Å². The molecule has 0 atom stereocenters. The van der Waals surface area contributed by atoms with Crippen LogP contribution in [0, 0.1) is 13.8 Å². The average molecular weight is 685 g/mol. The van der Waals surface area contributed by atoms with E-state index in [9.17, 15) is 0 Å². The Bertz CT molecular complexity index is 2010. The van der Waals surface area contributed by atoms with Gasteiger partial charge in [-0.25, -0.2) is 0 Å². The molecule has 4 heteroatoms. The van der Waals surface area contributed by atoms with Crippen molar-refractivity contribution < 1.29 is 9.47 Å². The summed E-state index contributed by atoms with van der Waals surface area (Å²) >= 11 is 0. The fourth-order valence-corrected chi connectivity index (χ4v) is 6.82. The van der Waals surface area contributed by atoms with Gasteiger partial charge in [-0.3, -0.25) is 0 Å². The summed E-state index contributed by atoms with van der Waals surface area (Å²) in [5.74, 6) is 1.78. The van der Waals surface area contributed by atoms with Crippen molar-refractivity contribution in [3.05, 3.63) is 157 Å². The fraction of sp³-hybridized carbons (Fsp3) is 0.208. The van der Waals surface area contributed by atoms with Gasteiger partial charge in [-0.05, 0) is 99.5 Å². The quantitative estimate of drug-likeness (QED) is 0.0647. The Kier molecular flexibility index (Phi) is 10.7. The lowest BCUT2D eigenvalue weighted by atomic mass is 9.95. The van der Waals surface area contributed by atoms with Gasteiger partial charge in [0, 0.05) is 44.3 Å². The molecule has 0 saturated carbocycles. The molecule has 0 aliphatic rings. The Morgan fingerprint density at radius 3 is 0.962 bits per heavy atom. The molecule has 0 amide bonds. The van der Waals surface area contributed by atoms with Crippen molar-refractivity contribution in [3.8, 4) is 11.5 Å². The van der Waals surface area contributed by atoms with Crippen molar-refractivity contribution in [2.24, 2.45) is 0 Å². The number of ether oxygens (including phenoxy) is 2. The van der Waals surface area contributed by atoms with Crippen LogP contribution >= 0.6 is 0 Å². The van der Waals surface area contributed by atoms with Gasteiger partial charge >= 0.3 is 0 Å². The molecule has 0 aromatic heterocycles. The number of rotatable bonds is 14. The smallest absolute Gasteiger partial charge is 0.119 e. The summed E-state index contributed by atoms with van der Waals surface area (Å²) in [6, 6.07) is 52.5. The Morgan fingerprint density at radius 2 is 0.673 bits per heavy atom. The van der Waals surface area contributed by atoms with Crippen molar-refractivity contribution in [2.75, 3.05) is 23.0 Å². The molecule has 0 fully saturated rings. The number of hydrogen-bond acceptors (Lipinski definition) is 4. The third-order valence-corrected chi connectivity index (χ3v) is 9.63. The lowest BCUT2D eigenvalue weighted by Crippen LogP contribution is -2.14. The molecular formula is C48H48N2O2. The summed E-state index contributed by atoms with van der Waals surface area (Å²) in [6.45, 7) is 10.1. The van der Waals surface area contributed by atoms with Crippen LogP contribution in [0.15, 0.2) is 146 Å². The second kappa shape index (κ2) is 16.1. The number of nitrogens with zero attached hydrogens (tertiary/aromatic N) is 2. The van der Waals surface area contributed by atoms with Crippen LogP contribution in [0.2, 0.25) is 0 Å². The predicted octanol–water partition coefficient (Wildman–Crippen LogP) is 13.9. The van der Waals surface area contributed by atoms with Crippen LogP contribution in [0.25, 0.3) is 21.5 Å². The van der Waals surface area contributed by atoms with Crippen LogP contribution in [0.3, 0.4) is 0 Å². The van der Waals surface area contributed by atoms with Gasteiger partial charge in [0.05, 0.1) is 24.6 Å². The van der Waals surface area contributed by atoms with E-state index in [1.807, 2.05) is 0 Å². The first-order valence-corrected chi connectivity index (χ1v) is 18.7. The largest absolute Gasteiger partial charge is 0.494 e. The van der Waals surface area contributed by atoms with E-state index >= 15 is 0 Å². The lowest BCUT2D eigenvalue weighted by molar-refractivity contribution is 0.309. The Hall–Kier alpha value is -5.74. The molecule has 262 valence electrons. The summed E-state index contributed by atoms with van der Waals surface area (Å²) in [5, 5.41) is 4.65. The highest BCUT2D eigenvalue weighted by molar-refractivity contribution is 6.23. The zero-order valence-corrected chi connectivity index (χ0v) is 30.8. The molecule has 0 aliphatic heterocycles. The molecule has 4 nitrogen and oxygen atoms in total. The number of fused-ring (bicyclic) bond motifs is 2. The molecule has 0 saturated heterocycles. The van der Waals surface area contributed by atoms with Crippen molar-refractivity contribution in [3.63, 3.8) is 0 Å². The molecule has 0 N–H and O–H groups in total. The lowest BCUT2D eigenvalue weighted by Gasteiger charge is -2.33. The number of unbranched alkanes of at least 4 members (excludes halogenated alkanes) is 2. The highest BCUT2D eigenvalue weighted by Gasteiger charge is 2.25. The molecule has 7 aromatic carbocycles. The first kappa shape index (κ1) is 34.7. The summed E-state index contributed by atoms with van der Waals surface area (Å²) < 4.78 is 12.2. The fourth-order valence-electron chi connectivity index (χ4n) is 6.82. The van der Waals surface area contributed by atoms with E-state index in [2.05, 4.69) is 183 Å². The minimum atomic E-state index is 0.723. The summed E-state index contributed by atoms with van der Waals surface area (Å²) in [6.07, 6.45) is 4.29. The first-order valence-electron chi connectivity index (χ1n) is 18.7. The standard InChI is InChI=1S/C48H48N2O2/c1-5-7-33-51-41-29-25-39(26-30-41)49(37-21-17-35(3)18-22-37)47-43-13-9-11-15-45(43)48(46-16-12-10-14-44(46)47)50(38-23-19-36(4)20-24-38)40-27-31-42(32-28-40)52-34-8-6-2/h9-32H,5-8,33-34H2,1-4H3. The second-order valence-electron chi connectivity index (χ2n) is 13.5. The Balaban J connectivity index is 1.47. The zero-order valence-electron chi connectivity index (χ0n) is 30.8. The maximum Gasteiger partial charge on any atom is 0.119 e. The van der Waals surface area contributed by atoms with Gasteiger partial charge in [-0.1, -0.05) is 111 Å². The van der Waals surface area contributed by atoms with Gasteiger partial charge in [-0.15, -0.1) is 0 Å². The van der Waals surface area contributed by atoms with E-state index in [1.54, 1.807) is 0 Å². The van der Waals surface area contributed by atoms with Gasteiger partial charge in [0.2, 0.25) is 0 Å². The van der Waals surface area contributed by atoms with Crippen LogP contribution < -0.4 is 19.3 Å². The van der Waals surface area contributed by atoms with Crippen LogP contribution in [0.1, 0.15) is 50.7 Å². The minimum absolute atomic E-state index is 0.723. The Labute approximate surface area is 308 Å². The predicted molar refractivity (Wildman–Crippen MR) is 221 cm³/mol. The molecule has 7 aromatic rings. The van der Waals surface area contributed by atoms with E-state index in [1.165, 1.54) is 11.1 Å². The van der Waals surface area contributed by atoms with Crippen molar-refractivity contribution in [1.82, 2.24) is 0 Å².